The summed E-state index contributed by atoms with van der Waals surface area (Å²) in [5, 5.41) is 10.8. The normalized spacial score (nSPS) is 10.0. The van der Waals surface area contributed by atoms with E-state index in [0.29, 0.717) is 11.1 Å². The maximum Gasteiger partial charge on any atom is 0.395 e. The highest BCUT2D eigenvalue weighted by Crippen LogP contribution is 2.19. The van der Waals surface area contributed by atoms with Crippen molar-refractivity contribution in [3.63, 3.8) is 0 Å². The second kappa shape index (κ2) is 6.48. The number of ether oxygens (including phenoxy) is 2. The molecule has 1 heterocycles. The number of nitro groups is 1. The molecule has 22 heavy (non-hydrogen) atoms. The van der Waals surface area contributed by atoms with E-state index in [2.05, 4.69) is 14.7 Å². The van der Waals surface area contributed by atoms with Gasteiger partial charge in [0.1, 0.15) is 6.61 Å². The van der Waals surface area contributed by atoms with Gasteiger partial charge in [-0.2, -0.15) is 4.98 Å². The van der Waals surface area contributed by atoms with E-state index < -0.39 is 22.1 Å². The van der Waals surface area contributed by atoms with Gasteiger partial charge in [-0.25, -0.2) is 4.79 Å². The molecule has 0 amide bonds. The predicted molar refractivity (Wildman–Crippen MR) is 73.6 cm³/mol. The highest BCUT2D eigenvalue weighted by atomic mass is 16.6. The summed E-state index contributed by atoms with van der Waals surface area (Å²) in [6, 6.07) is 6.27. The minimum Gasteiger partial charge on any atom is -0.468 e. The first kappa shape index (κ1) is 15.2. The molecule has 0 aliphatic rings. The lowest BCUT2D eigenvalue weighted by molar-refractivity contribution is -0.387. The maximum atomic E-state index is 11.4. The Kier molecular flexibility index (Phi) is 4.47. The molecule has 0 spiro atoms. The zero-order valence-electron chi connectivity index (χ0n) is 11.4. The van der Waals surface area contributed by atoms with Gasteiger partial charge < -0.3 is 14.5 Å². The third-order valence-electron chi connectivity index (χ3n) is 2.73. The number of aromatic nitrogens is 2. The number of hydrogen-bond acceptors (Lipinski definition) is 7. The number of esters is 1. The van der Waals surface area contributed by atoms with Gasteiger partial charge in [-0.05, 0) is 17.7 Å². The van der Waals surface area contributed by atoms with Crippen LogP contribution in [-0.4, -0.2) is 28.0 Å². The fourth-order valence-electron chi connectivity index (χ4n) is 1.65. The molecule has 2 aromatic rings. The van der Waals surface area contributed by atoms with E-state index in [1.807, 2.05) is 0 Å². The van der Waals surface area contributed by atoms with Gasteiger partial charge in [0.25, 0.3) is 0 Å². The number of benzene rings is 1. The number of nitrogens with one attached hydrogen (secondary N) is 1. The van der Waals surface area contributed by atoms with Crippen molar-refractivity contribution in [3.05, 3.63) is 62.2 Å². The monoisotopic (exact) mass is 305 g/mol. The standard InChI is InChI=1S/C13H11N3O6/c1-21-13(18)9-4-2-8(3-5-9)6-22-12-10(16(19)20)11(17)14-7-15-12/h2-5,7H,6H2,1H3,(H,14,15,17). The Hall–Kier alpha value is -3.23. The van der Waals surface area contributed by atoms with Crippen molar-refractivity contribution >= 4 is 11.7 Å². The minimum absolute atomic E-state index is 0.0429. The Bertz CT molecular complexity index is 753. The first-order valence-corrected chi connectivity index (χ1v) is 6.05. The Morgan fingerprint density at radius 3 is 2.64 bits per heavy atom. The van der Waals surface area contributed by atoms with Crippen LogP contribution >= 0.6 is 0 Å². The molecule has 0 bridgehead atoms. The van der Waals surface area contributed by atoms with E-state index in [0.717, 1.165) is 6.33 Å². The Balaban J connectivity index is 2.14. The molecule has 1 N–H and O–H groups in total. The van der Waals surface area contributed by atoms with Gasteiger partial charge in [0, 0.05) is 0 Å². The van der Waals surface area contributed by atoms with Crippen LogP contribution in [0, 0.1) is 10.1 Å². The number of H-pyrrole nitrogens is 1. The summed E-state index contributed by atoms with van der Waals surface area (Å²) in [5.74, 6) is -0.842. The van der Waals surface area contributed by atoms with Gasteiger partial charge in [0.05, 0.1) is 23.9 Å². The van der Waals surface area contributed by atoms with E-state index in [-0.39, 0.29) is 12.5 Å². The highest BCUT2D eigenvalue weighted by molar-refractivity contribution is 5.89. The maximum absolute atomic E-state index is 11.4. The smallest absolute Gasteiger partial charge is 0.395 e. The summed E-state index contributed by atoms with van der Waals surface area (Å²) in [6.07, 6.45) is 1.02. The van der Waals surface area contributed by atoms with E-state index >= 15 is 0 Å². The number of carbonyl (C=O) groups excluding carboxylic acids is 1. The molecule has 1 aromatic heterocycles. The minimum atomic E-state index is -0.893. The molecule has 0 saturated carbocycles. The zero-order valence-corrected chi connectivity index (χ0v) is 11.4. The van der Waals surface area contributed by atoms with Crippen LogP contribution < -0.4 is 10.3 Å². The number of aromatic amines is 1. The van der Waals surface area contributed by atoms with Gasteiger partial charge in [0.15, 0.2) is 0 Å². The summed E-state index contributed by atoms with van der Waals surface area (Å²) in [6.45, 7) is -0.0429. The van der Waals surface area contributed by atoms with Gasteiger partial charge >= 0.3 is 23.1 Å². The number of hydrogen-bond donors (Lipinski definition) is 1. The van der Waals surface area contributed by atoms with Crippen LogP contribution in [0.4, 0.5) is 5.69 Å². The van der Waals surface area contributed by atoms with Crippen LogP contribution in [0.15, 0.2) is 35.4 Å². The lowest BCUT2D eigenvalue weighted by atomic mass is 10.1. The van der Waals surface area contributed by atoms with E-state index in [9.17, 15) is 19.7 Å². The summed E-state index contributed by atoms with van der Waals surface area (Å²) in [5.41, 5.74) is -0.639. The quantitative estimate of drug-likeness (QED) is 0.497. The van der Waals surface area contributed by atoms with Crippen molar-refractivity contribution in [2.45, 2.75) is 6.61 Å². The molecule has 2 rings (SSSR count). The third kappa shape index (κ3) is 3.26. The molecule has 0 unspecified atom stereocenters. The van der Waals surface area contributed by atoms with Crippen molar-refractivity contribution in [1.82, 2.24) is 9.97 Å². The van der Waals surface area contributed by atoms with E-state index in [1.165, 1.54) is 19.2 Å². The molecular weight excluding hydrogens is 294 g/mol. The summed E-state index contributed by atoms with van der Waals surface area (Å²) >= 11 is 0. The fraction of sp³-hybridized carbons (Fsp3) is 0.154. The molecule has 9 nitrogen and oxygen atoms in total. The van der Waals surface area contributed by atoms with Crippen LogP contribution in [-0.2, 0) is 11.3 Å². The van der Waals surface area contributed by atoms with Crippen LogP contribution in [0.5, 0.6) is 5.88 Å². The van der Waals surface area contributed by atoms with Crippen molar-refractivity contribution < 1.29 is 19.2 Å². The number of rotatable bonds is 5. The van der Waals surface area contributed by atoms with Gasteiger partial charge in [0.2, 0.25) is 0 Å². The van der Waals surface area contributed by atoms with Crippen LogP contribution in [0.25, 0.3) is 0 Å². The van der Waals surface area contributed by atoms with Gasteiger partial charge in [-0.1, -0.05) is 12.1 Å². The molecule has 9 heteroatoms. The zero-order chi connectivity index (χ0) is 16.1. The second-order valence-corrected chi connectivity index (χ2v) is 4.12. The predicted octanol–water partition coefficient (Wildman–Crippen LogP) is 1.04. The third-order valence-corrected chi connectivity index (χ3v) is 2.73. The lowest BCUT2D eigenvalue weighted by Gasteiger charge is -2.06. The average Bonchev–Trinajstić information content (AvgIpc) is 2.52. The molecule has 0 fully saturated rings. The molecule has 0 aliphatic heterocycles. The van der Waals surface area contributed by atoms with E-state index in [4.69, 9.17) is 4.74 Å². The first-order valence-electron chi connectivity index (χ1n) is 6.05. The van der Waals surface area contributed by atoms with E-state index in [1.54, 1.807) is 12.1 Å². The average molecular weight is 305 g/mol. The van der Waals surface area contributed by atoms with Crippen LogP contribution in [0.2, 0.25) is 0 Å². The Morgan fingerprint density at radius 2 is 2.05 bits per heavy atom. The largest absolute Gasteiger partial charge is 0.468 e. The van der Waals surface area contributed by atoms with Crippen molar-refractivity contribution in [2.75, 3.05) is 7.11 Å². The van der Waals surface area contributed by atoms with Gasteiger partial charge in [-0.15, -0.1) is 0 Å². The molecule has 0 radical (unpaired) electrons. The molecule has 0 atom stereocenters. The molecular formula is C13H11N3O6. The number of carbonyl (C=O) groups is 1. The molecule has 1 aromatic carbocycles. The van der Waals surface area contributed by atoms with Gasteiger partial charge in [-0.3, -0.25) is 14.9 Å². The molecule has 114 valence electrons. The van der Waals surface area contributed by atoms with Crippen molar-refractivity contribution in [2.24, 2.45) is 0 Å². The Morgan fingerprint density at radius 1 is 1.36 bits per heavy atom. The Labute approximate surface area is 123 Å². The fourth-order valence-corrected chi connectivity index (χ4v) is 1.65. The summed E-state index contributed by atoms with van der Waals surface area (Å²) in [7, 11) is 1.27. The lowest BCUT2D eigenvalue weighted by Crippen LogP contribution is -2.14. The first-order chi connectivity index (χ1) is 10.5. The number of nitrogens with zero attached hydrogens (tertiary/aromatic N) is 2. The van der Waals surface area contributed by atoms with Crippen molar-refractivity contribution in [1.29, 1.82) is 0 Å². The van der Waals surface area contributed by atoms with Crippen molar-refractivity contribution in [3.8, 4) is 5.88 Å². The summed E-state index contributed by atoms with van der Waals surface area (Å²) < 4.78 is 9.77. The number of methoxy groups -OCH3 is 1. The summed E-state index contributed by atoms with van der Waals surface area (Å²) in [4.78, 5) is 38.4. The highest BCUT2D eigenvalue weighted by Gasteiger charge is 2.22. The second-order valence-electron chi connectivity index (χ2n) is 4.12. The van der Waals surface area contributed by atoms with Crippen LogP contribution in [0.1, 0.15) is 15.9 Å². The topological polar surface area (TPSA) is 124 Å². The van der Waals surface area contributed by atoms with Crippen LogP contribution in [0.3, 0.4) is 0 Å². The molecule has 0 saturated heterocycles. The SMILES string of the molecule is COC(=O)c1ccc(COc2nc[nH]c(=O)c2[N+](=O)[O-])cc1. The molecule has 0 aliphatic carbocycles.